The number of hydrogen-bond acceptors (Lipinski definition) is 2. The average Bonchev–Trinajstić information content (AvgIpc) is 3.53. The van der Waals surface area contributed by atoms with E-state index in [0.717, 1.165) is 22.7 Å². The molecule has 12 aromatic carbocycles. The van der Waals surface area contributed by atoms with Crippen molar-refractivity contribution in [2.75, 3.05) is 9.80 Å². The first-order chi connectivity index (χ1) is 30.0. The zero-order valence-corrected chi connectivity index (χ0v) is 34.0. The van der Waals surface area contributed by atoms with Gasteiger partial charge in [0.05, 0.1) is 11.4 Å². The molecule has 0 saturated heterocycles. The van der Waals surface area contributed by atoms with Gasteiger partial charge in [0.2, 0.25) is 0 Å². The van der Waals surface area contributed by atoms with Gasteiger partial charge in [0, 0.05) is 38.9 Å². The molecule has 0 radical (unpaired) electrons. The van der Waals surface area contributed by atoms with E-state index in [4.69, 9.17) is 0 Å². The summed E-state index contributed by atoms with van der Waals surface area (Å²) in [6, 6.07) is 76.8. The lowest BCUT2D eigenvalue weighted by molar-refractivity contribution is 0.660. The fourth-order valence-electron chi connectivity index (χ4n) is 10.8. The molecule has 61 heavy (non-hydrogen) atoms. The largest absolute Gasteiger partial charge is 0.310 e. The van der Waals surface area contributed by atoms with Crippen LogP contribution in [0.1, 0.15) is 25.0 Å². The van der Waals surface area contributed by atoms with Crippen LogP contribution in [0.15, 0.2) is 206 Å². The summed E-state index contributed by atoms with van der Waals surface area (Å²) in [7, 11) is 0. The molecule has 0 saturated carbocycles. The van der Waals surface area contributed by atoms with Crippen molar-refractivity contribution in [2.45, 2.75) is 19.3 Å². The van der Waals surface area contributed by atoms with Crippen LogP contribution in [-0.4, -0.2) is 0 Å². The Balaban J connectivity index is 0.980. The number of nitrogens with zero attached hydrogens (tertiary/aromatic N) is 2. The zero-order valence-electron chi connectivity index (χ0n) is 34.0. The number of rotatable bonds is 6. The van der Waals surface area contributed by atoms with Crippen LogP contribution in [0.2, 0.25) is 0 Å². The van der Waals surface area contributed by atoms with Crippen molar-refractivity contribution in [2.24, 2.45) is 0 Å². The lowest BCUT2D eigenvalue weighted by Crippen LogP contribution is -2.18. The highest BCUT2D eigenvalue weighted by atomic mass is 15.1. The van der Waals surface area contributed by atoms with E-state index in [1.165, 1.54) is 98.3 Å². The smallest absolute Gasteiger partial charge is 0.0546 e. The predicted octanol–water partition coefficient (Wildman–Crippen LogP) is 16.7. The Morgan fingerprint density at radius 3 is 1.30 bits per heavy atom. The molecule has 12 aromatic rings. The van der Waals surface area contributed by atoms with Crippen LogP contribution in [0.5, 0.6) is 0 Å². The Kier molecular flexibility index (Phi) is 7.10. The number of fused-ring (bicyclic) bond motifs is 3. The molecule has 0 fully saturated rings. The summed E-state index contributed by atoms with van der Waals surface area (Å²) in [5.41, 5.74) is 12.0. The van der Waals surface area contributed by atoms with E-state index in [2.05, 4.69) is 230 Å². The van der Waals surface area contributed by atoms with Crippen LogP contribution in [-0.2, 0) is 5.41 Å². The Hall–Kier alpha value is -7.68. The van der Waals surface area contributed by atoms with E-state index in [1.54, 1.807) is 0 Å². The van der Waals surface area contributed by atoms with Crippen molar-refractivity contribution in [3.63, 3.8) is 0 Å². The van der Waals surface area contributed by atoms with Gasteiger partial charge in [-0.1, -0.05) is 159 Å². The monoisotopic (exact) mass is 776 g/mol. The molecule has 1 aliphatic rings. The molecule has 0 amide bonds. The van der Waals surface area contributed by atoms with Gasteiger partial charge < -0.3 is 9.80 Å². The second-order valence-electron chi connectivity index (χ2n) is 17.3. The predicted molar refractivity (Wildman–Crippen MR) is 261 cm³/mol. The molecule has 286 valence electrons. The van der Waals surface area contributed by atoms with Crippen molar-refractivity contribution in [3.8, 4) is 11.1 Å². The van der Waals surface area contributed by atoms with E-state index in [9.17, 15) is 0 Å². The van der Waals surface area contributed by atoms with Gasteiger partial charge >= 0.3 is 0 Å². The normalized spacial score (nSPS) is 13.2. The van der Waals surface area contributed by atoms with Crippen LogP contribution >= 0.6 is 0 Å². The van der Waals surface area contributed by atoms with E-state index in [1.807, 2.05) is 0 Å². The summed E-state index contributed by atoms with van der Waals surface area (Å²) >= 11 is 0. The Labute approximate surface area is 354 Å². The number of anilines is 6. The van der Waals surface area contributed by atoms with Gasteiger partial charge in [-0.25, -0.2) is 0 Å². The van der Waals surface area contributed by atoms with Crippen LogP contribution in [0.3, 0.4) is 0 Å². The molecule has 2 nitrogen and oxygen atoms in total. The van der Waals surface area contributed by atoms with Crippen LogP contribution in [0, 0.1) is 0 Å². The molecule has 0 heterocycles. The fraction of sp³-hybridized carbons (Fsp3) is 0.0508. The van der Waals surface area contributed by atoms with Gasteiger partial charge in [0.15, 0.2) is 0 Å². The Morgan fingerprint density at radius 2 is 0.721 bits per heavy atom. The maximum Gasteiger partial charge on any atom is 0.0546 e. The molecule has 2 heteroatoms. The van der Waals surface area contributed by atoms with Crippen LogP contribution < -0.4 is 9.80 Å². The first-order valence-electron chi connectivity index (χ1n) is 21.3. The summed E-state index contributed by atoms with van der Waals surface area (Å²) < 4.78 is 0. The Bertz CT molecular complexity index is 3660. The molecule has 0 spiro atoms. The molecule has 0 atom stereocenters. The summed E-state index contributed by atoms with van der Waals surface area (Å²) in [6.45, 7) is 4.80. The number of benzene rings is 12. The highest BCUT2D eigenvalue weighted by molar-refractivity contribution is 6.27. The van der Waals surface area contributed by atoms with Crippen molar-refractivity contribution >= 4 is 98.8 Å². The molecule has 1 aliphatic carbocycles. The van der Waals surface area contributed by atoms with Crippen LogP contribution in [0.4, 0.5) is 34.1 Å². The van der Waals surface area contributed by atoms with Gasteiger partial charge in [-0.2, -0.15) is 0 Å². The molecular formula is C59H40N2. The van der Waals surface area contributed by atoms with Gasteiger partial charge in [-0.15, -0.1) is 0 Å². The molecule has 0 unspecified atom stereocenters. The van der Waals surface area contributed by atoms with Gasteiger partial charge in [-0.05, 0) is 137 Å². The molecule has 0 aliphatic heterocycles. The second-order valence-corrected chi connectivity index (χ2v) is 17.3. The van der Waals surface area contributed by atoms with Crippen molar-refractivity contribution in [1.82, 2.24) is 0 Å². The van der Waals surface area contributed by atoms with Crippen molar-refractivity contribution in [3.05, 3.63) is 217 Å². The maximum absolute atomic E-state index is 2.47. The first-order valence-corrected chi connectivity index (χ1v) is 21.3. The molecular weight excluding hydrogens is 737 g/mol. The van der Waals surface area contributed by atoms with Crippen LogP contribution in [0.25, 0.3) is 75.8 Å². The lowest BCUT2D eigenvalue weighted by Gasteiger charge is -2.30. The zero-order chi connectivity index (χ0) is 40.4. The molecule has 13 rings (SSSR count). The average molecular weight is 777 g/mol. The third-order valence-corrected chi connectivity index (χ3v) is 13.7. The first kappa shape index (κ1) is 34.2. The summed E-state index contributed by atoms with van der Waals surface area (Å²) in [5, 5.41) is 15.4. The number of para-hydroxylation sites is 2. The van der Waals surface area contributed by atoms with Gasteiger partial charge in [0.25, 0.3) is 0 Å². The van der Waals surface area contributed by atoms with Gasteiger partial charge in [-0.3, -0.25) is 0 Å². The SMILES string of the molecule is CC1(C)c2cc(N(c3ccccc3)c3ccc4ccc5cccc6ccc3c4c56)ccc2-c2ccc(N(c3ccccc3)c3cc4cccc5ccc6cccc3c6c54)cc21. The van der Waals surface area contributed by atoms with E-state index < -0.39 is 0 Å². The third-order valence-electron chi connectivity index (χ3n) is 13.7. The molecule has 0 aromatic heterocycles. The maximum atomic E-state index is 2.47. The quantitative estimate of drug-likeness (QED) is 0.155. The lowest BCUT2D eigenvalue weighted by atomic mass is 9.82. The summed E-state index contributed by atoms with van der Waals surface area (Å²) in [4.78, 5) is 4.93. The highest BCUT2D eigenvalue weighted by Gasteiger charge is 2.37. The molecule has 0 N–H and O–H groups in total. The van der Waals surface area contributed by atoms with Crippen molar-refractivity contribution < 1.29 is 0 Å². The fourth-order valence-corrected chi connectivity index (χ4v) is 10.8. The summed E-state index contributed by atoms with van der Waals surface area (Å²) in [6.07, 6.45) is 0. The van der Waals surface area contributed by atoms with E-state index >= 15 is 0 Å². The molecule has 0 bridgehead atoms. The minimum atomic E-state index is -0.261. The summed E-state index contributed by atoms with van der Waals surface area (Å²) in [5.74, 6) is 0. The highest BCUT2D eigenvalue weighted by Crippen LogP contribution is 2.54. The van der Waals surface area contributed by atoms with E-state index in [0.29, 0.717) is 0 Å². The standard InChI is InChI=1S/C59H40N2/c1-59(2)51-35-45(60(43-17-5-3-6-18-43)53-33-27-41-25-23-37-12-9-13-39-26-30-50(53)58(41)55(37)39)28-31-47(51)48-32-29-46(36-52(48)59)61(44-19-7-4-8-20-44)54-34-42-16-10-14-38-22-24-40-15-11-21-49(54)57(40)56(38)42/h3-36H,1-2H3. The van der Waals surface area contributed by atoms with Gasteiger partial charge in [0.1, 0.15) is 0 Å². The van der Waals surface area contributed by atoms with E-state index in [-0.39, 0.29) is 5.41 Å². The minimum absolute atomic E-state index is 0.261. The minimum Gasteiger partial charge on any atom is -0.310 e. The third kappa shape index (κ3) is 4.91. The topological polar surface area (TPSA) is 6.48 Å². The second kappa shape index (κ2) is 12.7. The number of hydrogen-bond donors (Lipinski definition) is 0. The Morgan fingerprint density at radius 1 is 0.295 bits per heavy atom. The van der Waals surface area contributed by atoms with Crippen molar-refractivity contribution in [1.29, 1.82) is 0 Å².